The van der Waals surface area contributed by atoms with Gasteiger partial charge < -0.3 is 9.64 Å². The van der Waals surface area contributed by atoms with Crippen LogP contribution in [-0.4, -0.2) is 43.0 Å². The zero-order chi connectivity index (χ0) is 27.0. The molecule has 1 fully saturated rings. The van der Waals surface area contributed by atoms with Gasteiger partial charge in [0.2, 0.25) is 15.9 Å². The molecule has 2 aliphatic rings. The van der Waals surface area contributed by atoms with E-state index in [0.717, 1.165) is 23.1 Å². The number of hydrogen-bond donors (Lipinski definition) is 1. The number of fused-ring (bicyclic) bond motifs is 3. The van der Waals surface area contributed by atoms with Gasteiger partial charge in [0.05, 0.1) is 22.5 Å². The maximum absolute atomic E-state index is 14.3. The summed E-state index contributed by atoms with van der Waals surface area (Å²) in [5, 5.41) is 11.3. The van der Waals surface area contributed by atoms with Gasteiger partial charge in [0.25, 0.3) is 5.69 Å². The molecule has 0 spiro atoms. The van der Waals surface area contributed by atoms with Gasteiger partial charge in [0.15, 0.2) is 0 Å². The van der Waals surface area contributed by atoms with Gasteiger partial charge in [-0.05, 0) is 42.2 Å². The normalized spacial score (nSPS) is 23.0. The monoisotopic (exact) mass is 535 g/mol. The van der Waals surface area contributed by atoms with Crippen molar-refractivity contribution < 1.29 is 22.9 Å². The van der Waals surface area contributed by atoms with E-state index in [1.54, 1.807) is 29.2 Å². The van der Waals surface area contributed by atoms with Crippen LogP contribution in [0.1, 0.15) is 54.0 Å². The Hall–Kier alpha value is -3.60. The zero-order valence-corrected chi connectivity index (χ0v) is 21.9. The predicted octanol–water partition coefficient (Wildman–Crippen LogP) is 4.42. The van der Waals surface area contributed by atoms with Gasteiger partial charge in [-0.25, -0.2) is 8.42 Å². The fraction of sp³-hybridized carbons (Fsp3) is 0.321. The van der Waals surface area contributed by atoms with E-state index in [4.69, 9.17) is 4.74 Å². The van der Waals surface area contributed by atoms with E-state index in [-0.39, 0.29) is 22.5 Å². The zero-order valence-electron chi connectivity index (χ0n) is 21.1. The molecule has 2 heterocycles. The minimum absolute atomic E-state index is 0.0511. The lowest BCUT2D eigenvalue weighted by Gasteiger charge is -2.31. The van der Waals surface area contributed by atoms with Gasteiger partial charge in [-0.1, -0.05) is 67.4 Å². The Bertz CT molecular complexity index is 1460. The maximum atomic E-state index is 14.3. The van der Waals surface area contributed by atoms with Crippen LogP contribution in [0.4, 0.5) is 5.69 Å². The smallest absolute Gasteiger partial charge is 0.269 e. The van der Waals surface area contributed by atoms with Crippen LogP contribution in [0.5, 0.6) is 0 Å². The molecule has 0 radical (unpaired) electrons. The first-order valence-electron chi connectivity index (χ1n) is 12.6. The van der Waals surface area contributed by atoms with Crippen LogP contribution < -0.4 is 4.72 Å². The molecule has 1 amide bonds. The number of nitro groups is 1. The molecule has 5 rings (SSSR count). The fourth-order valence-corrected chi connectivity index (χ4v) is 6.60. The molecule has 10 heteroatoms. The van der Waals surface area contributed by atoms with Gasteiger partial charge in [-0.15, -0.1) is 0 Å². The molecule has 0 bridgehead atoms. The summed E-state index contributed by atoms with van der Waals surface area (Å²) >= 11 is 0. The average molecular weight is 536 g/mol. The number of carbonyl (C=O) groups excluding carboxylic acids is 1. The van der Waals surface area contributed by atoms with Crippen molar-refractivity contribution in [2.75, 3.05) is 6.61 Å². The number of benzene rings is 3. The number of aryl methyl sites for hydroxylation is 1. The van der Waals surface area contributed by atoms with E-state index in [9.17, 15) is 23.3 Å². The summed E-state index contributed by atoms with van der Waals surface area (Å²) in [7, 11) is -4.10. The first kappa shape index (κ1) is 26.0. The summed E-state index contributed by atoms with van der Waals surface area (Å²) in [6, 6.07) is 18.4. The summed E-state index contributed by atoms with van der Waals surface area (Å²) < 4.78 is 35.9. The largest absolute Gasteiger partial charge is 0.356 e. The number of nitro benzene ring substituents is 1. The van der Waals surface area contributed by atoms with Gasteiger partial charge in [-0.2, -0.15) is 4.72 Å². The van der Waals surface area contributed by atoms with Crippen LogP contribution in [-0.2, 0) is 19.6 Å². The number of nitrogens with zero attached hydrogens (tertiary/aromatic N) is 2. The lowest BCUT2D eigenvalue weighted by molar-refractivity contribution is -0.384. The first-order valence-corrected chi connectivity index (χ1v) is 14.1. The second-order valence-corrected chi connectivity index (χ2v) is 11.4. The summed E-state index contributed by atoms with van der Waals surface area (Å²) in [6.45, 7) is 4.17. The summed E-state index contributed by atoms with van der Waals surface area (Å²) in [6.07, 6.45) is 0.922. The number of rotatable bonds is 7. The molecule has 198 valence electrons. The second kappa shape index (κ2) is 10.3. The Labute approximate surface area is 221 Å². The van der Waals surface area contributed by atoms with Crippen molar-refractivity contribution in [3.05, 3.63) is 105 Å². The van der Waals surface area contributed by atoms with Crippen molar-refractivity contribution in [2.24, 2.45) is 0 Å². The van der Waals surface area contributed by atoms with E-state index in [1.807, 2.05) is 38.1 Å². The Morgan fingerprint density at radius 2 is 1.68 bits per heavy atom. The Balaban J connectivity index is 1.68. The summed E-state index contributed by atoms with van der Waals surface area (Å²) in [5.74, 6) is -1.10. The van der Waals surface area contributed by atoms with Crippen LogP contribution in [0, 0.1) is 17.0 Å². The van der Waals surface area contributed by atoms with Crippen LogP contribution in [0.15, 0.2) is 77.7 Å². The van der Waals surface area contributed by atoms with E-state index in [2.05, 4.69) is 4.72 Å². The number of amides is 1. The van der Waals surface area contributed by atoms with Crippen LogP contribution in [0.25, 0.3) is 0 Å². The number of nitrogens with one attached hydrogen (secondary N) is 1. The maximum Gasteiger partial charge on any atom is 0.269 e. The molecule has 4 atom stereocenters. The molecule has 0 unspecified atom stereocenters. The average Bonchev–Trinajstić information content (AvgIpc) is 3.28. The van der Waals surface area contributed by atoms with Gasteiger partial charge in [-0.3, -0.25) is 14.9 Å². The number of hydrogen-bond acceptors (Lipinski definition) is 6. The van der Waals surface area contributed by atoms with Gasteiger partial charge in [0.1, 0.15) is 12.3 Å². The molecule has 3 aromatic carbocycles. The topological polar surface area (TPSA) is 119 Å². The molecule has 2 aliphatic heterocycles. The molecule has 0 saturated carbocycles. The lowest BCUT2D eigenvalue weighted by atomic mass is 9.83. The minimum atomic E-state index is -4.10. The highest BCUT2D eigenvalue weighted by atomic mass is 32.2. The molecule has 0 aromatic heterocycles. The van der Waals surface area contributed by atoms with Gasteiger partial charge >= 0.3 is 0 Å². The number of ether oxygens (including phenoxy) is 1. The van der Waals surface area contributed by atoms with Crippen molar-refractivity contribution in [1.29, 1.82) is 0 Å². The SMILES string of the molecule is CCC[C@H]1OC[C@H]2c3ccccc3[C@H](c3ccc([N+](=O)[O-])cc3)[C@@H](NS(=O)(=O)c3ccc(C)cc3)C(=O)N12. The van der Waals surface area contributed by atoms with Gasteiger partial charge in [0, 0.05) is 18.1 Å². The standard InChI is InChI=1S/C28H29N3O6S/c1-3-6-25-30-24(17-37-25)22-7-4-5-8-23(22)26(19-11-13-20(14-12-19)31(33)34)27(28(30)32)29-38(35,36)21-15-9-18(2)10-16-21/h4-5,7-16,24-27,29H,3,6,17H2,1-2H3/t24-,25+,26-,27+/m0/s1. The first-order chi connectivity index (χ1) is 18.2. The number of carbonyl (C=O) groups is 1. The summed E-state index contributed by atoms with van der Waals surface area (Å²) in [4.78, 5) is 26.8. The molecule has 9 nitrogen and oxygen atoms in total. The van der Waals surface area contributed by atoms with Crippen molar-refractivity contribution in [1.82, 2.24) is 9.62 Å². The molecule has 0 aliphatic carbocycles. The highest BCUT2D eigenvalue weighted by Crippen LogP contribution is 2.44. The lowest BCUT2D eigenvalue weighted by Crippen LogP contribution is -2.52. The molecule has 3 aromatic rings. The van der Waals surface area contributed by atoms with Crippen LogP contribution in [0.3, 0.4) is 0 Å². The molecule has 1 N–H and O–H groups in total. The highest BCUT2D eigenvalue weighted by molar-refractivity contribution is 7.89. The molecule has 1 saturated heterocycles. The molecule has 38 heavy (non-hydrogen) atoms. The third kappa shape index (κ3) is 4.70. The third-order valence-corrected chi connectivity index (χ3v) is 8.71. The van der Waals surface area contributed by atoms with E-state index < -0.39 is 33.1 Å². The number of non-ortho nitro benzene ring substituents is 1. The van der Waals surface area contributed by atoms with Crippen molar-refractivity contribution >= 4 is 21.6 Å². The fourth-order valence-electron chi connectivity index (χ4n) is 5.39. The van der Waals surface area contributed by atoms with E-state index >= 15 is 0 Å². The Kier molecular flexibility index (Phi) is 7.04. The van der Waals surface area contributed by atoms with E-state index in [1.165, 1.54) is 24.3 Å². The van der Waals surface area contributed by atoms with E-state index in [0.29, 0.717) is 18.6 Å². The second-order valence-electron chi connectivity index (χ2n) is 9.71. The predicted molar refractivity (Wildman–Crippen MR) is 141 cm³/mol. The molecular formula is C28H29N3O6S. The van der Waals surface area contributed by atoms with Crippen molar-refractivity contribution in [3.63, 3.8) is 0 Å². The van der Waals surface area contributed by atoms with Crippen LogP contribution >= 0.6 is 0 Å². The molecular weight excluding hydrogens is 506 g/mol. The quantitative estimate of drug-likeness (QED) is 0.353. The minimum Gasteiger partial charge on any atom is -0.356 e. The summed E-state index contributed by atoms with van der Waals surface area (Å²) in [5.41, 5.74) is 3.07. The van der Waals surface area contributed by atoms with Crippen LogP contribution in [0.2, 0.25) is 0 Å². The Morgan fingerprint density at radius 1 is 1.03 bits per heavy atom. The van der Waals surface area contributed by atoms with Crippen molar-refractivity contribution in [2.45, 2.75) is 55.8 Å². The number of sulfonamides is 1. The van der Waals surface area contributed by atoms with Crippen molar-refractivity contribution in [3.8, 4) is 0 Å². The Morgan fingerprint density at radius 3 is 2.32 bits per heavy atom. The third-order valence-electron chi connectivity index (χ3n) is 7.25. The highest BCUT2D eigenvalue weighted by Gasteiger charge is 2.49.